The molecule has 1 aromatic heterocycles. The van der Waals surface area contributed by atoms with E-state index in [0.717, 1.165) is 11.1 Å². The van der Waals surface area contributed by atoms with Crippen LogP contribution in [0.3, 0.4) is 0 Å². The highest BCUT2D eigenvalue weighted by Crippen LogP contribution is 2.22. The normalized spacial score (nSPS) is 13.8. The van der Waals surface area contributed by atoms with Crippen molar-refractivity contribution in [3.8, 4) is 0 Å². The zero-order valence-corrected chi connectivity index (χ0v) is 8.69. The maximum absolute atomic E-state index is 12.0. The van der Waals surface area contributed by atoms with Gasteiger partial charge in [0.1, 0.15) is 0 Å². The van der Waals surface area contributed by atoms with Gasteiger partial charge < -0.3 is 9.72 Å². The van der Waals surface area contributed by atoms with Crippen LogP contribution < -0.4 is 0 Å². The number of rotatable bonds is 2. The number of ketones is 1. The fourth-order valence-corrected chi connectivity index (χ4v) is 1.95. The minimum atomic E-state index is 0.0518. The lowest BCUT2D eigenvalue weighted by atomic mass is 10.0. The third-order valence-corrected chi connectivity index (χ3v) is 2.84. The van der Waals surface area contributed by atoms with E-state index in [4.69, 9.17) is 4.74 Å². The summed E-state index contributed by atoms with van der Waals surface area (Å²) in [5.74, 6) is 0.0518. The standard InChI is InChI=1S/C13H11NO2/c15-13(10-3-4-14-6-10)9-1-2-11-7-16-8-12(11)5-9/h1-6,14H,7-8H2. The van der Waals surface area contributed by atoms with Gasteiger partial charge in [-0.1, -0.05) is 12.1 Å². The number of hydrogen-bond donors (Lipinski definition) is 1. The zero-order chi connectivity index (χ0) is 11.0. The molecule has 1 aliphatic heterocycles. The second kappa shape index (κ2) is 3.61. The first-order chi connectivity index (χ1) is 7.84. The molecule has 3 nitrogen and oxygen atoms in total. The lowest BCUT2D eigenvalue weighted by Gasteiger charge is -2.01. The van der Waals surface area contributed by atoms with Crippen molar-refractivity contribution in [2.45, 2.75) is 13.2 Å². The maximum Gasteiger partial charge on any atom is 0.194 e. The van der Waals surface area contributed by atoms with Crippen LogP contribution in [0.2, 0.25) is 0 Å². The van der Waals surface area contributed by atoms with Gasteiger partial charge in [-0.25, -0.2) is 0 Å². The third-order valence-electron chi connectivity index (χ3n) is 2.84. The van der Waals surface area contributed by atoms with E-state index in [1.165, 1.54) is 5.56 Å². The molecule has 3 rings (SSSR count). The van der Waals surface area contributed by atoms with E-state index in [9.17, 15) is 4.79 Å². The molecule has 0 unspecified atom stereocenters. The van der Waals surface area contributed by atoms with Gasteiger partial charge >= 0.3 is 0 Å². The minimum Gasteiger partial charge on any atom is -0.372 e. The molecule has 2 aromatic rings. The number of benzene rings is 1. The monoisotopic (exact) mass is 213 g/mol. The van der Waals surface area contributed by atoms with E-state index in [1.54, 1.807) is 18.5 Å². The SMILES string of the molecule is O=C(c1cc[nH]c1)c1ccc2c(c1)COC2. The Balaban J connectivity index is 1.99. The van der Waals surface area contributed by atoms with Crippen LogP contribution in [0, 0.1) is 0 Å². The number of H-pyrrole nitrogens is 1. The van der Waals surface area contributed by atoms with Crippen molar-refractivity contribution in [2.24, 2.45) is 0 Å². The molecule has 16 heavy (non-hydrogen) atoms. The maximum atomic E-state index is 12.0. The number of aromatic nitrogens is 1. The summed E-state index contributed by atoms with van der Waals surface area (Å²) in [5.41, 5.74) is 3.73. The fourth-order valence-electron chi connectivity index (χ4n) is 1.95. The summed E-state index contributed by atoms with van der Waals surface area (Å²) in [6, 6.07) is 7.55. The molecular weight excluding hydrogens is 202 g/mol. The number of carbonyl (C=O) groups is 1. The predicted octanol–water partition coefficient (Wildman–Crippen LogP) is 2.28. The van der Waals surface area contributed by atoms with Crippen LogP contribution in [-0.2, 0) is 18.0 Å². The van der Waals surface area contributed by atoms with Gasteiger partial charge in [0.2, 0.25) is 0 Å². The van der Waals surface area contributed by atoms with Crippen LogP contribution in [0.1, 0.15) is 27.0 Å². The Bertz CT molecular complexity index is 529. The van der Waals surface area contributed by atoms with Crippen LogP contribution in [0.4, 0.5) is 0 Å². The van der Waals surface area contributed by atoms with Crippen LogP contribution in [0.5, 0.6) is 0 Å². The Labute approximate surface area is 93.1 Å². The van der Waals surface area contributed by atoms with Gasteiger partial charge in [-0.05, 0) is 23.3 Å². The van der Waals surface area contributed by atoms with Gasteiger partial charge in [0.05, 0.1) is 13.2 Å². The largest absolute Gasteiger partial charge is 0.372 e. The fraction of sp³-hybridized carbons (Fsp3) is 0.154. The molecule has 3 heteroatoms. The average molecular weight is 213 g/mol. The molecule has 1 aliphatic rings. The van der Waals surface area contributed by atoms with Crippen molar-refractivity contribution in [1.29, 1.82) is 0 Å². The van der Waals surface area contributed by atoms with Crippen molar-refractivity contribution in [2.75, 3.05) is 0 Å². The average Bonchev–Trinajstić information content (AvgIpc) is 2.98. The Kier molecular flexibility index (Phi) is 2.11. The summed E-state index contributed by atoms with van der Waals surface area (Å²) in [4.78, 5) is 14.9. The molecule has 80 valence electrons. The molecule has 0 atom stereocenters. The third kappa shape index (κ3) is 1.46. The van der Waals surface area contributed by atoms with Crippen LogP contribution in [0.15, 0.2) is 36.7 Å². The summed E-state index contributed by atoms with van der Waals surface area (Å²) in [6.07, 6.45) is 3.47. The summed E-state index contributed by atoms with van der Waals surface area (Å²) in [7, 11) is 0. The Morgan fingerprint density at radius 2 is 2.00 bits per heavy atom. The molecule has 0 spiro atoms. The van der Waals surface area contributed by atoms with E-state index in [0.29, 0.717) is 18.8 Å². The number of aromatic amines is 1. The number of carbonyl (C=O) groups excluding carboxylic acids is 1. The zero-order valence-electron chi connectivity index (χ0n) is 8.69. The topological polar surface area (TPSA) is 42.1 Å². The Morgan fingerprint density at radius 3 is 2.81 bits per heavy atom. The van der Waals surface area contributed by atoms with Crippen molar-refractivity contribution in [3.63, 3.8) is 0 Å². The minimum absolute atomic E-state index is 0.0518. The van der Waals surface area contributed by atoms with Gasteiger partial charge in [-0.3, -0.25) is 4.79 Å². The molecule has 0 aliphatic carbocycles. The molecule has 0 bridgehead atoms. The predicted molar refractivity (Wildman–Crippen MR) is 59.2 cm³/mol. The molecule has 2 heterocycles. The summed E-state index contributed by atoms with van der Waals surface area (Å²) in [6.45, 7) is 1.28. The molecule has 0 radical (unpaired) electrons. The van der Waals surface area contributed by atoms with Gasteiger partial charge in [0.15, 0.2) is 5.78 Å². The van der Waals surface area contributed by atoms with Crippen LogP contribution in [-0.4, -0.2) is 10.8 Å². The van der Waals surface area contributed by atoms with Gasteiger partial charge in [-0.2, -0.15) is 0 Å². The highest BCUT2D eigenvalue weighted by atomic mass is 16.5. The van der Waals surface area contributed by atoms with E-state index in [1.807, 2.05) is 18.2 Å². The number of fused-ring (bicyclic) bond motifs is 1. The lowest BCUT2D eigenvalue weighted by molar-refractivity contribution is 0.103. The number of nitrogens with one attached hydrogen (secondary N) is 1. The summed E-state index contributed by atoms with van der Waals surface area (Å²) >= 11 is 0. The van der Waals surface area contributed by atoms with E-state index >= 15 is 0 Å². The Hall–Kier alpha value is -1.87. The second-order valence-corrected chi connectivity index (χ2v) is 3.91. The molecule has 1 N–H and O–H groups in total. The van der Waals surface area contributed by atoms with Gasteiger partial charge in [-0.15, -0.1) is 0 Å². The van der Waals surface area contributed by atoms with E-state index in [-0.39, 0.29) is 5.78 Å². The van der Waals surface area contributed by atoms with E-state index < -0.39 is 0 Å². The number of hydrogen-bond acceptors (Lipinski definition) is 2. The second-order valence-electron chi connectivity index (χ2n) is 3.91. The van der Waals surface area contributed by atoms with Crippen molar-refractivity contribution in [1.82, 2.24) is 4.98 Å². The first-order valence-corrected chi connectivity index (χ1v) is 5.21. The highest BCUT2D eigenvalue weighted by Gasteiger charge is 2.15. The van der Waals surface area contributed by atoms with E-state index in [2.05, 4.69) is 4.98 Å². The lowest BCUT2D eigenvalue weighted by Crippen LogP contribution is -2.00. The van der Waals surface area contributed by atoms with Gasteiger partial charge in [0, 0.05) is 23.5 Å². The van der Waals surface area contributed by atoms with Crippen molar-refractivity contribution < 1.29 is 9.53 Å². The first kappa shape index (κ1) is 9.36. The van der Waals surface area contributed by atoms with Crippen molar-refractivity contribution >= 4 is 5.78 Å². The summed E-state index contributed by atoms with van der Waals surface area (Å²) < 4.78 is 5.32. The van der Waals surface area contributed by atoms with Gasteiger partial charge in [0.25, 0.3) is 0 Å². The first-order valence-electron chi connectivity index (χ1n) is 5.21. The molecule has 0 fully saturated rings. The summed E-state index contributed by atoms with van der Waals surface area (Å²) in [5, 5.41) is 0. The molecule has 0 saturated carbocycles. The molecular formula is C13H11NO2. The molecule has 0 saturated heterocycles. The highest BCUT2D eigenvalue weighted by molar-refractivity contribution is 6.09. The molecule has 1 aromatic carbocycles. The van der Waals surface area contributed by atoms with Crippen LogP contribution >= 0.6 is 0 Å². The van der Waals surface area contributed by atoms with Crippen molar-refractivity contribution in [3.05, 3.63) is 58.9 Å². The quantitative estimate of drug-likeness (QED) is 0.777. The Morgan fingerprint density at radius 1 is 1.12 bits per heavy atom. The number of ether oxygens (including phenoxy) is 1. The smallest absolute Gasteiger partial charge is 0.194 e. The van der Waals surface area contributed by atoms with Crippen LogP contribution in [0.25, 0.3) is 0 Å². The molecule has 0 amide bonds.